The molecule has 1 aromatic carbocycles. The molecule has 0 aromatic heterocycles. The molecule has 0 N–H and O–H groups in total. The molecule has 78 valence electrons. The van der Waals surface area contributed by atoms with E-state index in [-0.39, 0.29) is 5.92 Å². The number of nitriles is 1. The lowest BCUT2D eigenvalue weighted by atomic mass is 10.0. The van der Waals surface area contributed by atoms with Crippen molar-refractivity contribution in [3.63, 3.8) is 0 Å². The molecule has 0 aliphatic rings. The summed E-state index contributed by atoms with van der Waals surface area (Å²) in [6.45, 7) is 1.86. The molecule has 0 bridgehead atoms. The first-order valence-corrected chi connectivity index (χ1v) is 4.73. The first kappa shape index (κ1) is 11.3. The Hall–Kier alpha value is -1.82. The lowest BCUT2D eigenvalue weighted by Gasteiger charge is -2.07. The van der Waals surface area contributed by atoms with E-state index in [0.29, 0.717) is 17.7 Å². The number of hydrogen-bond donors (Lipinski definition) is 0. The Morgan fingerprint density at radius 2 is 2.33 bits per heavy atom. The number of ether oxygens (including phenoxy) is 1. The molecule has 1 unspecified atom stereocenters. The monoisotopic (exact) mass is 203 g/mol. The van der Waals surface area contributed by atoms with Crippen LogP contribution in [-0.2, 0) is 11.2 Å². The third kappa shape index (κ3) is 2.81. The van der Waals surface area contributed by atoms with Crippen LogP contribution in [0.2, 0.25) is 0 Å². The zero-order chi connectivity index (χ0) is 11.3. The number of carbonyl (C=O) groups is 1. The predicted molar refractivity (Wildman–Crippen MR) is 56.6 cm³/mol. The maximum absolute atomic E-state index is 10.5. The SMILES string of the molecule is COc1cc(CC(C)C=O)ccc1C#N. The zero-order valence-electron chi connectivity index (χ0n) is 8.86. The second-order valence-electron chi connectivity index (χ2n) is 3.46. The number of methoxy groups -OCH3 is 1. The highest BCUT2D eigenvalue weighted by Gasteiger charge is 2.06. The van der Waals surface area contributed by atoms with Gasteiger partial charge in [0.25, 0.3) is 0 Å². The van der Waals surface area contributed by atoms with Gasteiger partial charge in [0, 0.05) is 5.92 Å². The fourth-order valence-corrected chi connectivity index (χ4v) is 1.37. The fourth-order valence-electron chi connectivity index (χ4n) is 1.37. The third-order valence-electron chi connectivity index (χ3n) is 2.18. The second kappa shape index (κ2) is 5.16. The number of hydrogen-bond acceptors (Lipinski definition) is 3. The van der Waals surface area contributed by atoms with Crippen LogP contribution in [0.5, 0.6) is 5.75 Å². The smallest absolute Gasteiger partial charge is 0.136 e. The van der Waals surface area contributed by atoms with Crippen molar-refractivity contribution in [1.29, 1.82) is 5.26 Å². The van der Waals surface area contributed by atoms with Crippen LogP contribution in [0.4, 0.5) is 0 Å². The predicted octanol–water partition coefficient (Wildman–Crippen LogP) is 1.94. The van der Waals surface area contributed by atoms with Crippen LogP contribution in [0.15, 0.2) is 18.2 Å². The fraction of sp³-hybridized carbons (Fsp3) is 0.333. The lowest BCUT2D eigenvalue weighted by molar-refractivity contribution is -0.110. The molecular formula is C12H13NO2. The van der Waals surface area contributed by atoms with E-state index in [4.69, 9.17) is 10.00 Å². The maximum Gasteiger partial charge on any atom is 0.136 e. The van der Waals surface area contributed by atoms with Gasteiger partial charge >= 0.3 is 0 Å². The summed E-state index contributed by atoms with van der Waals surface area (Å²) in [6, 6.07) is 7.41. The Kier molecular flexibility index (Phi) is 3.87. The van der Waals surface area contributed by atoms with Crippen molar-refractivity contribution in [2.45, 2.75) is 13.3 Å². The normalized spacial score (nSPS) is 11.5. The van der Waals surface area contributed by atoms with Gasteiger partial charge in [0.05, 0.1) is 12.7 Å². The van der Waals surface area contributed by atoms with Crippen molar-refractivity contribution in [3.8, 4) is 11.8 Å². The van der Waals surface area contributed by atoms with E-state index in [1.54, 1.807) is 12.1 Å². The summed E-state index contributed by atoms with van der Waals surface area (Å²) in [6.07, 6.45) is 1.59. The molecule has 3 heteroatoms. The molecule has 0 amide bonds. The minimum absolute atomic E-state index is 0.0114. The summed E-state index contributed by atoms with van der Waals surface area (Å²) in [5.74, 6) is 0.552. The average Bonchev–Trinajstić information content (AvgIpc) is 2.28. The van der Waals surface area contributed by atoms with Gasteiger partial charge in [-0.3, -0.25) is 0 Å². The zero-order valence-corrected chi connectivity index (χ0v) is 8.86. The van der Waals surface area contributed by atoms with Crippen molar-refractivity contribution >= 4 is 6.29 Å². The van der Waals surface area contributed by atoms with Crippen LogP contribution in [0.25, 0.3) is 0 Å². The molecule has 0 fully saturated rings. The summed E-state index contributed by atoms with van der Waals surface area (Å²) in [4.78, 5) is 10.5. The third-order valence-corrected chi connectivity index (χ3v) is 2.18. The number of benzene rings is 1. The molecule has 3 nitrogen and oxygen atoms in total. The topological polar surface area (TPSA) is 50.1 Å². The minimum Gasteiger partial charge on any atom is -0.495 e. The van der Waals surface area contributed by atoms with Gasteiger partial charge in [-0.05, 0) is 24.1 Å². The Bertz CT molecular complexity index is 393. The van der Waals surface area contributed by atoms with E-state index < -0.39 is 0 Å². The van der Waals surface area contributed by atoms with Crippen LogP contribution < -0.4 is 4.74 Å². The quantitative estimate of drug-likeness (QED) is 0.703. The summed E-state index contributed by atoms with van der Waals surface area (Å²) >= 11 is 0. The summed E-state index contributed by atoms with van der Waals surface area (Å²) in [7, 11) is 1.53. The van der Waals surface area contributed by atoms with Crippen LogP contribution in [-0.4, -0.2) is 13.4 Å². The van der Waals surface area contributed by atoms with Crippen molar-refractivity contribution in [3.05, 3.63) is 29.3 Å². The van der Waals surface area contributed by atoms with E-state index in [0.717, 1.165) is 11.8 Å². The second-order valence-corrected chi connectivity index (χ2v) is 3.46. The number of rotatable bonds is 4. The van der Waals surface area contributed by atoms with Crippen LogP contribution in [0.3, 0.4) is 0 Å². The van der Waals surface area contributed by atoms with Gasteiger partial charge < -0.3 is 9.53 Å². The minimum atomic E-state index is -0.0114. The highest BCUT2D eigenvalue weighted by Crippen LogP contribution is 2.20. The number of nitrogens with zero attached hydrogens (tertiary/aromatic N) is 1. The molecule has 15 heavy (non-hydrogen) atoms. The van der Waals surface area contributed by atoms with Crippen LogP contribution >= 0.6 is 0 Å². The average molecular weight is 203 g/mol. The van der Waals surface area contributed by atoms with Crippen molar-refractivity contribution in [2.75, 3.05) is 7.11 Å². The Morgan fingerprint density at radius 1 is 1.60 bits per heavy atom. The molecule has 0 aliphatic carbocycles. The van der Waals surface area contributed by atoms with Crippen LogP contribution in [0, 0.1) is 17.2 Å². The first-order chi connectivity index (χ1) is 7.21. The van der Waals surface area contributed by atoms with Crippen LogP contribution in [0.1, 0.15) is 18.1 Å². The molecule has 0 heterocycles. The van der Waals surface area contributed by atoms with Crippen molar-refractivity contribution < 1.29 is 9.53 Å². The number of carbonyl (C=O) groups excluding carboxylic acids is 1. The van der Waals surface area contributed by atoms with E-state index in [9.17, 15) is 4.79 Å². The molecule has 1 rings (SSSR count). The van der Waals surface area contributed by atoms with Gasteiger partial charge in [0.15, 0.2) is 0 Å². The van der Waals surface area contributed by atoms with E-state index in [1.807, 2.05) is 19.1 Å². The molecule has 0 spiro atoms. The number of aldehydes is 1. The highest BCUT2D eigenvalue weighted by molar-refractivity contribution is 5.54. The Balaban J connectivity index is 2.94. The standard InChI is InChI=1S/C12H13NO2/c1-9(8-14)5-10-3-4-11(7-13)12(6-10)15-2/h3-4,6,8-9H,5H2,1-2H3. The van der Waals surface area contributed by atoms with Gasteiger partial charge in [-0.1, -0.05) is 13.0 Å². The van der Waals surface area contributed by atoms with Gasteiger partial charge in [0.2, 0.25) is 0 Å². The summed E-state index contributed by atoms with van der Waals surface area (Å²) in [5, 5.41) is 8.78. The summed E-state index contributed by atoms with van der Waals surface area (Å²) < 4.78 is 5.08. The highest BCUT2D eigenvalue weighted by atomic mass is 16.5. The van der Waals surface area contributed by atoms with E-state index >= 15 is 0 Å². The molecular weight excluding hydrogens is 190 g/mol. The molecule has 1 aromatic rings. The summed E-state index contributed by atoms with van der Waals surface area (Å²) in [5.41, 5.74) is 1.52. The molecule has 0 saturated heterocycles. The Morgan fingerprint density at radius 3 is 2.87 bits per heavy atom. The largest absolute Gasteiger partial charge is 0.495 e. The van der Waals surface area contributed by atoms with E-state index in [2.05, 4.69) is 0 Å². The molecule has 1 atom stereocenters. The molecule has 0 aliphatic heterocycles. The van der Waals surface area contributed by atoms with Gasteiger partial charge in [-0.15, -0.1) is 0 Å². The lowest BCUT2D eigenvalue weighted by Crippen LogP contribution is -2.01. The van der Waals surface area contributed by atoms with Crippen molar-refractivity contribution in [2.24, 2.45) is 5.92 Å². The van der Waals surface area contributed by atoms with E-state index in [1.165, 1.54) is 7.11 Å². The maximum atomic E-state index is 10.5. The Labute approximate surface area is 89.3 Å². The molecule has 0 radical (unpaired) electrons. The van der Waals surface area contributed by atoms with Gasteiger partial charge in [-0.25, -0.2) is 0 Å². The first-order valence-electron chi connectivity index (χ1n) is 4.73. The molecule has 0 saturated carbocycles. The van der Waals surface area contributed by atoms with Gasteiger partial charge in [0.1, 0.15) is 18.1 Å². The van der Waals surface area contributed by atoms with Crippen molar-refractivity contribution in [1.82, 2.24) is 0 Å². The van der Waals surface area contributed by atoms with Gasteiger partial charge in [-0.2, -0.15) is 5.26 Å².